The molecule has 0 aromatic heterocycles. The zero-order valence-corrected chi connectivity index (χ0v) is 19.1. The average Bonchev–Trinajstić information content (AvgIpc) is 2.76. The minimum absolute atomic E-state index is 0.00654. The maximum absolute atomic E-state index is 12.8. The molecule has 2 aromatic carbocycles. The first kappa shape index (κ1) is 22.8. The molecule has 1 heterocycles. The van der Waals surface area contributed by atoms with E-state index in [1.165, 1.54) is 31.9 Å². The summed E-state index contributed by atoms with van der Waals surface area (Å²) >= 11 is 1.98. The highest BCUT2D eigenvalue weighted by Gasteiger charge is 2.22. The quantitative estimate of drug-likeness (QED) is 0.655. The Morgan fingerprint density at radius 2 is 1.90 bits per heavy atom. The fraction of sp³-hybridized carbons (Fsp3) is 0.381. The highest BCUT2D eigenvalue weighted by molar-refractivity contribution is 7.99. The van der Waals surface area contributed by atoms with Crippen LogP contribution < -0.4 is 5.32 Å². The van der Waals surface area contributed by atoms with Gasteiger partial charge in [-0.3, -0.25) is 14.5 Å². The van der Waals surface area contributed by atoms with Crippen LogP contribution in [0.4, 0.5) is 5.69 Å². The van der Waals surface area contributed by atoms with Crippen LogP contribution >= 0.6 is 11.8 Å². The largest absolute Gasteiger partial charge is 0.322 e. The number of rotatable bonds is 7. The van der Waals surface area contributed by atoms with Crippen molar-refractivity contribution >= 4 is 33.4 Å². The molecule has 30 heavy (non-hydrogen) atoms. The molecule has 0 saturated carbocycles. The fourth-order valence-corrected chi connectivity index (χ4v) is 5.23. The summed E-state index contributed by atoms with van der Waals surface area (Å²) in [7, 11) is -1.25. The molecule has 0 aliphatic carbocycles. The number of hydrogen-bond donors (Lipinski definition) is 1. The standard InChI is InChI=1S/C21H27N3O4S2/c1-16-18(15-24-10-12-29-13-11-24)7-5-9-20(16)22-21(25)17-6-4-8-19(14-17)30(26,27)23(2)28-3/h4-9,14H,10-13,15H2,1-3H3,(H,22,25). The summed E-state index contributed by atoms with van der Waals surface area (Å²) in [6.45, 7) is 4.99. The van der Waals surface area contributed by atoms with Crippen LogP contribution in [0.25, 0.3) is 0 Å². The lowest BCUT2D eigenvalue weighted by Gasteiger charge is -2.27. The monoisotopic (exact) mass is 449 g/mol. The summed E-state index contributed by atoms with van der Waals surface area (Å²) in [5.41, 5.74) is 3.19. The molecule has 0 atom stereocenters. The average molecular weight is 450 g/mol. The third kappa shape index (κ3) is 5.22. The molecular formula is C21H27N3O4S2. The molecule has 1 aliphatic rings. The fourth-order valence-electron chi connectivity index (χ4n) is 3.23. The zero-order chi connectivity index (χ0) is 21.7. The van der Waals surface area contributed by atoms with Crippen molar-refractivity contribution in [2.75, 3.05) is 44.1 Å². The Labute approximate surface area is 182 Å². The van der Waals surface area contributed by atoms with Gasteiger partial charge in [-0.2, -0.15) is 11.8 Å². The molecule has 2 aromatic rings. The highest BCUT2D eigenvalue weighted by Crippen LogP contribution is 2.23. The van der Waals surface area contributed by atoms with Gasteiger partial charge >= 0.3 is 0 Å². The molecule has 0 spiro atoms. The highest BCUT2D eigenvalue weighted by atomic mass is 32.2. The Morgan fingerprint density at radius 1 is 1.20 bits per heavy atom. The van der Waals surface area contributed by atoms with E-state index < -0.39 is 10.0 Å². The van der Waals surface area contributed by atoms with Crippen LogP contribution in [-0.4, -0.2) is 62.4 Å². The minimum Gasteiger partial charge on any atom is -0.322 e. The van der Waals surface area contributed by atoms with Gasteiger partial charge in [0.15, 0.2) is 0 Å². The first-order chi connectivity index (χ1) is 14.3. The number of nitrogens with one attached hydrogen (secondary N) is 1. The second-order valence-corrected chi connectivity index (χ2v) is 10.2. The van der Waals surface area contributed by atoms with Crippen molar-refractivity contribution in [3.63, 3.8) is 0 Å². The first-order valence-corrected chi connectivity index (χ1v) is 12.3. The smallest absolute Gasteiger partial charge is 0.264 e. The van der Waals surface area contributed by atoms with Gasteiger partial charge in [0.25, 0.3) is 15.9 Å². The number of anilines is 1. The SMILES string of the molecule is CON(C)S(=O)(=O)c1cccc(C(=O)Nc2cccc(CN3CCSCC3)c2C)c1. The van der Waals surface area contributed by atoms with Crippen LogP contribution in [0.2, 0.25) is 0 Å². The predicted octanol–water partition coefficient (Wildman–Crippen LogP) is 2.98. The normalized spacial score (nSPS) is 15.3. The third-order valence-corrected chi connectivity index (χ3v) is 7.80. The Hall–Kier alpha value is -1.91. The summed E-state index contributed by atoms with van der Waals surface area (Å²) in [6, 6.07) is 11.8. The Balaban J connectivity index is 1.78. The maximum atomic E-state index is 12.8. The number of nitrogens with zero attached hydrogens (tertiary/aromatic N) is 2. The van der Waals surface area contributed by atoms with Gasteiger partial charge in [-0.05, 0) is 42.3 Å². The van der Waals surface area contributed by atoms with Gasteiger partial charge < -0.3 is 5.32 Å². The molecule has 1 saturated heterocycles. The van der Waals surface area contributed by atoms with Crippen molar-refractivity contribution in [1.29, 1.82) is 0 Å². The van der Waals surface area contributed by atoms with E-state index in [1.807, 2.05) is 30.8 Å². The van der Waals surface area contributed by atoms with Crippen molar-refractivity contribution < 1.29 is 18.0 Å². The molecule has 3 rings (SSSR count). The lowest BCUT2D eigenvalue weighted by molar-refractivity contribution is -0.0258. The predicted molar refractivity (Wildman–Crippen MR) is 120 cm³/mol. The van der Waals surface area contributed by atoms with Crippen molar-refractivity contribution in [2.45, 2.75) is 18.4 Å². The van der Waals surface area contributed by atoms with Gasteiger partial charge in [-0.1, -0.05) is 22.7 Å². The molecule has 1 N–H and O–H groups in total. The molecule has 1 fully saturated rings. The van der Waals surface area contributed by atoms with Gasteiger partial charge in [-0.25, -0.2) is 8.42 Å². The number of hydroxylamine groups is 1. The van der Waals surface area contributed by atoms with Crippen molar-refractivity contribution in [3.05, 3.63) is 59.2 Å². The summed E-state index contributed by atoms with van der Waals surface area (Å²) in [6.07, 6.45) is 0. The number of thioether (sulfide) groups is 1. The Morgan fingerprint density at radius 3 is 2.60 bits per heavy atom. The van der Waals surface area contributed by atoms with Crippen molar-refractivity contribution in [3.8, 4) is 0 Å². The molecule has 0 bridgehead atoms. The third-order valence-electron chi connectivity index (χ3n) is 5.18. The summed E-state index contributed by atoms with van der Waals surface area (Å²) in [5.74, 6) is 1.93. The Bertz CT molecular complexity index is 1010. The van der Waals surface area contributed by atoms with Gasteiger partial charge in [0.05, 0.1) is 12.0 Å². The van der Waals surface area contributed by atoms with E-state index in [0.717, 1.165) is 46.9 Å². The van der Waals surface area contributed by atoms with E-state index >= 15 is 0 Å². The van der Waals surface area contributed by atoms with E-state index in [1.54, 1.807) is 12.1 Å². The number of amides is 1. The number of carbonyl (C=O) groups is 1. The number of hydrogen-bond acceptors (Lipinski definition) is 6. The first-order valence-electron chi connectivity index (χ1n) is 9.66. The molecule has 0 unspecified atom stereocenters. The molecule has 0 radical (unpaired) electrons. The molecular weight excluding hydrogens is 422 g/mol. The lowest BCUT2D eigenvalue weighted by atomic mass is 10.1. The summed E-state index contributed by atoms with van der Waals surface area (Å²) < 4.78 is 25.7. The van der Waals surface area contributed by atoms with Crippen LogP contribution in [-0.2, 0) is 21.4 Å². The lowest BCUT2D eigenvalue weighted by Crippen LogP contribution is -2.32. The second-order valence-electron chi connectivity index (χ2n) is 7.06. The van der Waals surface area contributed by atoms with E-state index in [9.17, 15) is 13.2 Å². The number of carbonyl (C=O) groups excluding carboxylic acids is 1. The summed E-state index contributed by atoms with van der Waals surface area (Å²) in [4.78, 5) is 20.0. The topological polar surface area (TPSA) is 78.9 Å². The molecule has 9 heteroatoms. The van der Waals surface area contributed by atoms with Crippen molar-refractivity contribution in [2.24, 2.45) is 0 Å². The van der Waals surface area contributed by atoms with Gasteiger partial charge in [0.1, 0.15) is 0 Å². The summed E-state index contributed by atoms with van der Waals surface area (Å²) in [5, 5.41) is 2.92. The van der Waals surface area contributed by atoms with Crippen LogP contribution in [0.5, 0.6) is 0 Å². The maximum Gasteiger partial charge on any atom is 0.264 e. The van der Waals surface area contributed by atoms with E-state index in [0.29, 0.717) is 0 Å². The molecule has 162 valence electrons. The van der Waals surface area contributed by atoms with Crippen molar-refractivity contribution in [1.82, 2.24) is 9.37 Å². The van der Waals surface area contributed by atoms with Gasteiger partial charge in [-0.15, -0.1) is 0 Å². The molecule has 1 aliphatic heterocycles. The van der Waals surface area contributed by atoms with E-state index in [-0.39, 0.29) is 16.4 Å². The second kappa shape index (κ2) is 9.93. The Kier molecular flexibility index (Phi) is 7.54. The van der Waals surface area contributed by atoms with E-state index in [4.69, 9.17) is 4.84 Å². The molecule has 7 nitrogen and oxygen atoms in total. The molecule has 1 amide bonds. The van der Waals surface area contributed by atoms with Crippen LogP contribution in [0, 0.1) is 6.92 Å². The minimum atomic E-state index is -3.83. The van der Waals surface area contributed by atoms with Crippen LogP contribution in [0.3, 0.4) is 0 Å². The van der Waals surface area contributed by atoms with E-state index in [2.05, 4.69) is 16.3 Å². The number of benzene rings is 2. The van der Waals surface area contributed by atoms with Crippen LogP contribution in [0.1, 0.15) is 21.5 Å². The van der Waals surface area contributed by atoms with Gasteiger partial charge in [0, 0.05) is 49.4 Å². The van der Waals surface area contributed by atoms with Gasteiger partial charge in [0.2, 0.25) is 0 Å². The van der Waals surface area contributed by atoms with Crippen LogP contribution in [0.15, 0.2) is 47.4 Å². The zero-order valence-electron chi connectivity index (χ0n) is 17.4. The number of sulfonamides is 1.